The lowest BCUT2D eigenvalue weighted by atomic mass is 9.50. The Bertz CT molecular complexity index is 1220. The Hall–Kier alpha value is -3.14. The molecule has 1 saturated heterocycles. The number of H-pyrrole nitrogens is 1. The molecule has 2 bridgehead atoms. The van der Waals surface area contributed by atoms with Crippen LogP contribution in [0.4, 0.5) is 16.4 Å². The number of aromatic amines is 1. The van der Waals surface area contributed by atoms with E-state index in [1.807, 2.05) is 16.8 Å². The number of ether oxygens (including phenoxy) is 2. The van der Waals surface area contributed by atoms with Gasteiger partial charge in [-0.05, 0) is 50.9 Å². The summed E-state index contributed by atoms with van der Waals surface area (Å²) < 4.78 is 13.4. The molecule has 4 fully saturated rings. The summed E-state index contributed by atoms with van der Waals surface area (Å²) in [5.74, 6) is 2.24. The average molecular weight is 450 g/mol. The molecule has 0 aromatic carbocycles. The van der Waals surface area contributed by atoms with Crippen molar-refractivity contribution in [3.63, 3.8) is 0 Å². The molecule has 33 heavy (non-hydrogen) atoms. The molecule has 0 radical (unpaired) electrons. The summed E-state index contributed by atoms with van der Waals surface area (Å²) in [5, 5.41) is 18.6. The smallest absolute Gasteiger partial charge is 0.407 e. The monoisotopic (exact) mass is 449 g/mol. The fourth-order valence-electron chi connectivity index (χ4n) is 5.87. The number of anilines is 2. The lowest BCUT2D eigenvalue weighted by molar-refractivity contribution is -0.0510. The molecular weight excluding hydrogens is 422 g/mol. The average Bonchev–Trinajstić information content (AvgIpc) is 3.48. The maximum absolute atomic E-state index is 12.2. The number of nitrogens with zero attached hydrogens (tertiary/aromatic N) is 4. The second kappa shape index (κ2) is 7.18. The summed E-state index contributed by atoms with van der Waals surface area (Å²) >= 11 is 0. The highest BCUT2D eigenvalue weighted by Gasteiger charge is 2.57. The van der Waals surface area contributed by atoms with Gasteiger partial charge in [0.1, 0.15) is 17.7 Å². The third kappa shape index (κ3) is 3.26. The summed E-state index contributed by atoms with van der Waals surface area (Å²) in [6, 6.07) is 1.93. The van der Waals surface area contributed by atoms with E-state index >= 15 is 0 Å². The number of nitrogens with one attached hydrogen (secondary N) is 3. The van der Waals surface area contributed by atoms with Gasteiger partial charge in [0, 0.05) is 36.0 Å². The molecule has 10 nitrogen and oxygen atoms in total. The van der Waals surface area contributed by atoms with Gasteiger partial charge in [-0.3, -0.25) is 5.10 Å². The third-order valence-corrected chi connectivity index (χ3v) is 7.65. The van der Waals surface area contributed by atoms with E-state index in [2.05, 4.69) is 25.8 Å². The van der Waals surface area contributed by atoms with Crippen molar-refractivity contribution in [2.24, 2.45) is 5.92 Å². The maximum atomic E-state index is 12.2. The van der Waals surface area contributed by atoms with Crippen LogP contribution in [0.1, 0.15) is 61.6 Å². The van der Waals surface area contributed by atoms with Crippen molar-refractivity contribution in [2.75, 3.05) is 11.9 Å². The van der Waals surface area contributed by atoms with Crippen LogP contribution in [0.5, 0.6) is 0 Å². The van der Waals surface area contributed by atoms with Gasteiger partial charge in [0.25, 0.3) is 0 Å². The van der Waals surface area contributed by atoms with Crippen molar-refractivity contribution >= 4 is 23.2 Å². The first-order valence-electron chi connectivity index (χ1n) is 11.9. The molecular formula is C23H27N7O3. The molecule has 3 aromatic rings. The van der Waals surface area contributed by atoms with Gasteiger partial charge < -0.3 is 20.1 Å². The van der Waals surface area contributed by atoms with Crippen molar-refractivity contribution in [2.45, 2.75) is 69.1 Å². The summed E-state index contributed by atoms with van der Waals surface area (Å²) in [4.78, 5) is 16.8. The van der Waals surface area contributed by atoms with Gasteiger partial charge >= 0.3 is 6.09 Å². The minimum absolute atomic E-state index is 0.0240. The van der Waals surface area contributed by atoms with Crippen molar-refractivity contribution in [3.8, 4) is 0 Å². The first-order chi connectivity index (χ1) is 16.1. The molecule has 0 spiro atoms. The van der Waals surface area contributed by atoms with E-state index in [0.717, 1.165) is 55.1 Å². The van der Waals surface area contributed by atoms with E-state index in [1.165, 1.54) is 24.1 Å². The molecule has 3 aromatic heterocycles. The normalized spacial score (nSPS) is 29.8. The second-order valence-corrected chi connectivity index (χ2v) is 10.0. The largest absolute Gasteiger partial charge is 0.444 e. The standard InChI is InChI=1S/C23H27N7O3/c31-22(26-23-9-13(10-23)11-23)33-14-7-18(32-12-14)17-8-19(28-27-17)25-21-20-15-3-1-2-4-16(15)29-30(20)6-5-24-21/h5-6,8,13-14,18H,1-4,7,9-12H2,(H,26,31)(H2,24,25,27,28). The number of fused-ring (bicyclic) bond motifs is 3. The predicted molar refractivity (Wildman–Crippen MR) is 118 cm³/mol. The first-order valence-corrected chi connectivity index (χ1v) is 11.9. The quantitative estimate of drug-likeness (QED) is 0.547. The number of aryl methyl sites for hydroxylation is 2. The van der Waals surface area contributed by atoms with Crippen LogP contribution in [0, 0.1) is 5.92 Å². The molecule has 3 saturated carbocycles. The van der Waals surface area contributed by atoms with Crippen LogP contribution in [0.15, 0.2) is 18.5 Å². The maximum Gasteiger partial charge on any atom is 0.407 e. The molecule has 172 valence electrons. The Balaban J connectivity index is 1.02. The molecule has 10 heteroatoms. The van der Waals surface area contributed by atoms with E-state index in [-0.39, 0.29) is 23.8 Å². The summed E-state index contributed by atoms with van der Waals surface area (Å²) in [7, 11) is 0. The van der Waals surface area contributed by atoms with Crippen LogP contribution in [0.2, 0.25) is 0 Å². The number of aromatic nitrogens is 5. The molecule has 5 aliphatic rings. The Labute approximate surface area is 190 Å². The molecule has 2 unspecified atom stereocenters. The van der Waals surface area contributed by atoms with E-state index < -0.39 is 0 Å². The zero-order chi connectivity index (χ0) is 22.0. The lowest BCUT2D eigenvalue weighted by Crippen LogP contribution is -2.68. The van der Waals surface area contributed by atoms with Gasteiger partial charge in [0.2, 0.25) is 0 Å². The van der Waals surface area contributed by atoms with Gasteiger partial charge in [-0.1, -0.05) is 0 Å². The molecule has 4 aliphatic carbocycles. The highest BCUT2D eigenvalue weighted by molar-refractivity contribution is 5.76. The van der Waals surface area contributed by atoms with Crippen LogP contribution >= 0.6 is 0 Å². The first kappa shape index (κ1) is 19.3. The number of carbonyl (C=O) groups is 1. The molecule has 1 amide bonds. The number of alkyl carbamates (subject to hydrolysis) is 1. The summed E-state index contributed by atoms with van der Waals surface area (Å²) in [6.45, 7) is 0.387. The molecule has 4 heterocycles. The number of rotatable bonds is 5. The van der Waals surface area contributed by atoms with Crippen LogP contribution in [-0.2, 0) is 22.3 Å². The predicted octanol–water partition coefficient (Wildman–Crippen LogP) is 3.18. The minimum atomic E-state index is -0.322. The zero-order valence-corrected chi connectivity index (χ0v) is 18.3. The number of amides is 1. The SMILES string of the molecule is O=C(NC12CC(C1)C2)OC1COC(c2cc(Nc3nccn4nc5c(c34)CCCC5)n[nH]2)C1. The highest BCUT2D eigenvalue weighted by Crippen LogP contribution is 2.57. The topological polar surface area (TPSA) is 118 Å². The number of hydrogen-bond donors (Lipinski definition) is 3. The second-order valence-electron chi connectivity index (χ2n) is 10.0. The Kier molecular flexibility index (Phi) is 4.21. The Morgan fingerprint density at radius 3 is 3.00 bits per heavy atom. The van der Waals surface area contributed by atoms with Crippen LogP contribution in [-0.4, -0.2) is 49.1 Å². The minimum Gasteiger partial charge on any atom is -0.444 e. The Morgan fingerprint density at radius 2 is 2.15 bits per heavy atom. The molecule has 3 N–H and O–H groups in total. The Morgan fingerprint density at radius 1 is 1.27 bits per heavy atom. The van der Waals surface area contributed by atoms with Gasteiger partial charge in [-0.15, -0.1) is 0 Å². The van der Waals surface area contributed by atoms with E-state index in [0.29, 0.717) is 18.8 Å². The summed E-state index contributed by atoms with van der Waals surface area (Å²) in [5.41, 5.74) is 4.35. The number of carbonyl (C=O) groups excluding carboxylic acids is 1. The van der Waals surface area contributed by atoms with Crippen LogP contribution < -0.4 is 10.6 Å². The van der Waals surface area contributed by atoms with Gasteiger partial charge in [-0.25, -0.2) is 14.3 Å². The number of hydrogen-bond acceptors (Lipinski definition) is 7. The molecule has 2 atom stereocenters. The van der Waals surface area contributed by atoms with Crippen LogP contribution in [0.25, 0.3) is 5.52 Å². The van der Waals surface area contributed by atoms with Gasteiger partial charge in [0.05, 0.1) is 18.0 Å². The van der Waals surface area contributed by atoms with E-state index in [1.54, 1.807) is 6.20 Å². The van der Waals surface area contributed by atoms with E-state index in [9.17, 15) is 4.79 Å². The van der Waals surface area contributed by atoms with Crippen molar-refractivity contribution in [3.05, 3.63) is 35.4 Å². The third-order valence-electron chi connectivity index (χ3n) is 7.65. The van der Waals surface area contributed by atoms with E-state index in [4.69, 9.17) is 14.6 Å². The lowest BCUT2D eigenvalue weighted by Gasteiger charge is -2.61. The summed E-state index contributed by atoms with van der Waals surface area (Å²) in [6.07, 6.45) is 11.2. The van der Waals surface area contributed by atoms with Gasteiger partial charge in [0.15, 0.2) is 11.6 Å². The molecule has 1 aliphatic heterocycles. The fraction of sp³-hybridized carbons (Fsp3) is 0.565. The molecule has 8 rings (SSSR count). The van der Waals surface area contributed by atoms with Crippen molar-refractivity contribution in [1.29, 1.82) is 0 Å². The van der Waals surface area contributed by atoms with Crippen LogP contribution in [0.3, 0.4) is 0 Å². The van der Waals surface area contributed by atoms with Crippen molar-refractivity contribution < 1.29 is 14.3 Å². The fourth-order valence-corrected chi connectivity index (χ4v) is 5.87. The highest BCUT2D eigenvalue weighted by atomic mass is 16.6. The van der Waals surface area contributed by atoms with Crippen molar-refractivity contribution in [1.82, 2.24) is 30.1 Å². The zero-order valence-electron chi connectivity index (χ0n) is 18.3. The van der Waals surface area contributed by atoms with Gasteiger partial charge in [-0.2, -0.15) is 10.2 Å².